The van der Waals surface area contributed by atoms with E-state index in [1.807, 2.05) is 17.0 Å². The third-order valence-electron chi connectivity index (χ3n) is 6.19. The van der Waals surface area contributed by atoms with Gasteiger partial charge in [-0.05, 0) is 42.8 Å². The monoisotopic (exact) mass is 460 g/mol. The summed E-state index contributed by atoms with van der Waals surface area (Å²) >= 11 is 0. The molecule has 2 heterocycles. The Morgan fingerprint density at radius 1 is 1.00 bits per heavy atom. The van der Waals surface area contributed by atoms with Crippen molar-refractivity contribution in [2.24, 2.45) is 0 Å². The lowest BCUT2D eigenvalue weighted by atomic mass is 10.0. The number of nitrogens with one attached hydrogen (secondary N) is 1. The fourth-order valence-electron chi connectivity index (χ4n) is 3.92. The van der Waals surface area contributed by atoms with Gasteiger partial charge in [0.15, 0.2) is 11.7 Å². The van der Waals surface area contributed by atoms with Crippen LogP contribution in [0, 0.1) is 0 Å². The van der Waals surface area contributed by atoms with E-state index in [-0.39, 0.29) is 18.2 Å². The minimum absolute atomic E-state index is 0.0320. The van der Waals surface area contributed by atoms with E-state index in [1.54, 1.807) is 30.5 Å². The summed E-state index contributed by atoms with van der Waals surface area (Å²) in [6, 6.07) is 15.3. The maximum absolute atomic E-state index is 12.7. The van der Waals surface area contributed by atoms with Crippen LogP contribution in [0.3, 0.4) is 0 Å². The highest BCUT2D eigenvalue weighted by Gasteiger charge is 2.20. The number of hydrogen-bond acceptors (Lipinski definition) is 5. The van der Waals surface area contributed by atoms with Crippen molar-refractivity contribution in [3.8, 4) is 11.3 Å². The first-order valence-electron chi connectivity index (χ1n) is 11.8. The number of nitrogens with zero attached hydrogens (tertiary/aromatic N) is 3. The molecule has 4 rings (SSSR count). The maximum Gasteiger partial charge on any atom is 0.253 e. The Balaban J connectivity index is 1.27. The molecule has 1 saturated heterocycles. The Morgan fingerprint density at radius 2 is 1.68 bits per heavy atom. The maximum atomic E-state index is 12.7. The lowest BCUT2D eigenvalue weighted by Crippen LogP contribution is -2.47. The van der Waals surface area contributed by atoms with Crippen molar-refractivity contribution in [2.75, 3.05) is 38.5 Å². The number of oxazole rings is 1. The Kier molecular flexibility index (Phi) is 7.43. The second-order valence-corrected chi connectivity index (χ2v) is 9.12. The fourth-order valence-corrected chi connectivity index (χ4v) is 3.92. The molecule has 2 aromatic carbocycles. The van der Waals surface area contributed by atoms with Crippen molar-refractivity contribution < 1.29 is 14.0 Å². The average molecular weight is 461 g/mol. The molecule has 0 unspecified atom stereocenters. The predicted molar refractivity (Wildman–Crippen MR) is 133 cm³/mol. The molecule has 2 amide bonds. The topological polar surface area (TPSA) is 78.7 Å². The van der Waals surface area contributed by atoms with Crippen LogP contribution >= 0.6 is 0 Å². The van der Waals surface area contributed by atoms with Crippen molar-refractivity contribution in [3.63, 3.8) is 0 Å². The van der Waals surface area contributed by atoms with Crippen molar-refractivity contribution in [1.82, 2.24) is 14.8 Å². The molecule has 178 valence electrons. The number of hydrogen-bond donors (Lipinski definition) is 1. The molecule has 7 heteroatoms. The first-order valence-corrected chi connectivity index (χ1v) is 11.8. The second-order valence-electron chi connectivity index (χ2n) is 9.12. The normalized spacial score (nSPS) is 14.4. The van der Waals surface area contributed by atoms with E-state index in [0.717, 1.165) is 31.7 Å². The number of amides is 2. The van der Waals surface area contributed by atoms with Crippen LogP contribution in [-0.4, -0.2) is 59.8 Å². The summed E-state index contributed by atoms with van der Waals surface area (Å²) in [4.78, 5) is 33.5. The highest BCUT2D eigenvalue weighted by molar-refractivity contribution is 5.96. The number of benzene rings is 2. The molecule has 3 aromatic rings. The van der Waals surface area contributed by atoms with Gasteiger partial charge in [0.05, 0.1) is 6.20 Å². The number of carbonyl (C=O) groups excluding carboxylic acids is 2. The third kappa shape index (κ3) is 5.91. The molecule has 1 aliphatic heterocycles. The first-order chi connectivity index (χ1) is 16.4. The minimum atomic E-state index is -0.126. The van der Waals surface area contributed by atoms with Gasteiger partial charge in [0, 0.05) is 55.8 Å². The molecule has 7 nitrogen and oxygen atoms in total. The van der Waals surface area contributed by atoms with E-state index < -0.39 is 0 Å². The molecule has 0 bridgehead atoms. The van der Waals surface area contributed by atoms with Gasteiger partial charge in [-0.15, -0.1) is 0 Å². The average Bonchev–Trinajstić information content (AvgIpc) is 3.32. The third-order valence-corrected chi connectivity index (χ3v) is 6.19. The number of likely N-dealkylation sites (N-methyl/N-ethyl adjacent to an activating group) is 1. The van der Waals surface area contributed by atoms with Gasteiger partial charge in [-0.25, -0.2) is 4.98 Å². The largest absolute Gasteiger partial charge is 0.441 e. The van der Waals surface area contributed by atoms with Crippen molar-refractivity contribution in [3.05, 3.63) is 71.7 Å². The quantitative estimate of drug-likeness (QED) is 0.565. The number of aromatic nitrogens is 1. The molecule has 1 aliphatic rings. The number of carbonyl (C=O) groups is 2. The van der Waals surface area contributed by atoms with Crippen molar-refractivity contribution in [1.29, 1.82) is 0 Å². The molecular formula is C27H32N4O3. The molecule has 0 saturated carbocycles. The zero-order valence-electron chi connectivity index (χ0n) is 20.1. The minimum Gasteiger partial charge on any atom is -0.441 e. The number of anilines is 1. The van der Waals surface area contributed by atoms with Crippen LogP contribution in [-0.2, 0) is 11.2 Å². The number of aryl methyl sites for hydroxylation is 1. The van der Waals surface area contributed by atoms with Gasteiger partial charge in [-0.2, -0.15) is 0 Å². The Bertz CT molecular complexity index is 1110. The first kappa shape index (κ1) is 23.7. The smallest absolute Gasteiger partial charge is 0.253 e. The summed E-state index contributed by atoms with van der Waals surface area (Å²) < 4.78 is 5.84. The van der Waals surface area contributed by atoms with Gasteiger partial charge in [0.2, 0.25) is 5.91 Å². The molecule has 0 spiro atoms. The summed E-state index contributed by atoms with van der Waals surface area (Å²) in [5.41, 5.74) is 3.55. The van der Waals surface area contributed by atoms with Crippen LogP contribution in [0.1, 0.15) is 48.0 Å². The van der Waals surface area contributed by atoms with Crippen LogP contribution in [0.5, 0.6) is 0 Å². The zero-order chi connectivity index (χ0) is 24.1. The summed E-state index contributed by atoms with van der Waals surface area (Å²) in [6.07, 6.45) is 2.37. The van der Waals surface area contributed by atoms with Gasteiger partial charge in [0.1, 0.15) is 0 Å². The van der Waals surface area contributed by atoms with Gasteiger partial charge in [-0.1, -0.05) is 38.1 Å². The molecule has 1 fully saturated rings. The summed E-state index contributed by atoms with van der Waals surface area (Å²) in [5.74, 6) is 1.62. The summed E-state index contributed by atoms with van der Waals surface area (Å²) in [5, 5.41) is 2.88. The SMILES string of the molecule is CC(C)c1ccc(-c2cnc(CCC(=O)Nc3ccc(C(=O)N4CCN(C)CC4)cc3)o2)cc1. The van der Waals surface area contributed by atoms with Gasteiger partial charge in [0.25, 0.3) is 5.91 Å². The van der Waals surface area contributed by atoms with Crippen LogP contribution in [0.2, 0.25) is 0 Å². The summed E-state index contributed by atoms with van der Waals surface area (Å²) in [6.45, 7) is 7.57. The zero-order valence-corrected chi connectivity index (χ0v) is 20.1. The number of rotatable bonds is 7. The Morgan fingerprint density at radius 3 is 2.32 bits per heavy atom. The second kappa shape index (κ2) is 10.7. The molecule has 0 radical (unpaired) electrons. The van der Waals surface area contributed by atoms with Crippen LogP contribution in [0.15, 0.2) is 59.1 Å². The highest BCUT2D eigenvalue weighted by Crippen LogP contribution is 2.24. The van der Waals surface area contributed by atoms with Gasteiger partial charge < -0.3 is 19.5 Å². The predicted octanol–water partition coefficient (Wildman–Crippen LogP) is 4.42. The van der Waals surface area contributed by atoms with Crippen molar-refractivity contribution in [2.45, 2.75) is 32.6 Å². The van der Waals surface area contributed by atoms with Gasteiger partial charge >= 0.3 is 0 Å². The van der Waals surface area contributed by atoms with Crippen LogP contribution in [0.25, 0.3) is 11.3 Å². The number of piperazine rings is 1. The molecule has 1 N–H and O–H groups in total. The Labute approximate surface area is 200 Å². The van der Waals surface area contributed by atoms with Crippen LogP contribution < -0.4 is 5.32 Å². The van der Waals surface area contributed by atoms with E-state index in [4.69, 9.17) is 4.42 Å². The van der Waals surface area contributed by atoms with E-state index in [9.17, 15) is 9.59 Å². The van der Waals surface area contributed by atoms with E-state index >= 15 is 0 Å². The molecular weight excluding hydrogens is 428 g/mol. The van der Waals surface area contributed by atoms with E-state index in [0.29, 0.717) is 35.2 Å². The van der Waals surface area contributed by atoms with E-state index in [2.05, 4.69) is 48.2 Å². The lowest BCUT2D eigenvalue weighted by molar-refractivity contribution is -0.116. The molecule has 34 heavy (non-hydrogen) atoms. The van der Waals surface area contributed by atoms with E-state index in [1.165, 1.54) is 5.56 Å². The van der Waals surface area contributed by atoms with Gasteiger partial charge in [-0.3, -0.25) is 9.59 Å². The van der Waals surface area contributed by atoms with Crippen LogP contribution in [0.4, 0.5) is 5.69 Å². The molecule has 0 atom stereocenters. The lowest BCUT2D eigenvalue weighted by Gasteiger charge is -2.32. The Hall–Kier alpha value is -3.45. The fraction of sp³-hybridized carbons (Fsp3) is 0.370. The molecule has 0 aliphatic carbocycles. The van der Waals surface area contributed by atoms with Crippen molar-refractivity contribution >= 4 is 17.5 Å². The standard InChI is InChI=1S/C27H32N4O3/c1-19(2)20-4-6-21(7-5-20)24-18-28-26(34-24)13-12-25(32)29-23-10-8-22(9-11-23)27(33)31-16-14-30(3)15-17-31/h4-11,18-19H,12-17H2,1-3H3,(H,29,32). The molecule has 1 aromatic heterocycles. The highest BCUT2D eigenvalue weighted by atomic mass is 16.4. The summed E-state index contributed by atoms with van der Waals surface area (Å²) in [7, 11) is 2.06.